The molecule has 0 aromatic rings. The van der Waals surface area contributed by atoms with Gasteiger partial charge >= 0.3 is 0 Å². The number of nitrogens with zero attached hydrogens (tertiary/aromatic N) is 5. The van der Waals surface area contributed by atoms with Crippen molar-refractivity contribution < 1.29 is 25.5 Å². The summed E-state index contributed by atoms with van der Waals surface area (Å²) in [6.07, 6.45) is 42.9. The summed E-state index contributed by atoms with van der Waals surface area (Å²) in [6, 6.07) is 0. The number of rotatable bonds is 56. The van der Waals surface area contributed by atoms with Crippen LogP contribution in [0.25, 0.3) is 0 Å². The first-order valence-corrected chi connectivity index (χ1v) is 32.2. The van der Waals surface area contributed by atoms with E-state index in [-0.39, 0.29) is 30.5 Å². The van der Waals surface area contributed by atoms with Gasteiger partial charge in [0, 0.05) is 98.2 Å². The molecule has 0 radical (unpaired) electrons. The van der Waals surface area contributed by atoms with Gasteiger partial charge in [0.05, 0.1) is 30.5 Å². The van der Waals surface area contributed by atoms with Crippen molar-refractivity contribution in [2.24, 2.45) is 0 Å². The predicted molar refractivity (Wildman–Crippen MR) is 311 cm³/mol. The first-order valence-electron chi connectivity index (χ1n) is 32.2. The monoisotopic (exact) mass is 1020 g/mol. The Morgan fingerprint density at radius 2 is 0.500 bits per heavy atom. The lowest BCUT2D eigenvalue weighted by Gasteiger charge is -2.37. The maximum absolute atomic E-state index is 11.5. The highest BCUT2D eigenvalue weighted by Crippen LogP contribution is 2.17. The van der Waals surface area contributed by atoms with Crippen molar-refractivity contribution in [1.82, 2.24) is 24.5 Å². The second-order valence-corrected chi connectivity index (χ2v) is 23.2. The zero-order valence-corrected chi connectivity index (χ0v) is 49.1. The van der Waals surface area contributed by atoms with Crippen LogP contribution < -0.4 is 0 Å². The molecule has 72 heavy (non-hydrogen) atoms. The van der Waals surface area contributed by atoms with Crippen LogP contribution in [-0.2, 0) is 0 Å². The van der Waals surface area contributed by atoms with Crippen LogP contribution in [0, 0.1) is 0 Å². The van der Waals surface area contributed by atoms with Gasteiger partial charge in [0.1, 0.15) is 0 Å². The molecule has 5 N–H and O–H groups in total. The number of hydrogen-bond acceptors (Lipinski definition) is 10. The molecule has 0 spiro atoms. The molecule has 0 aliphatic carbocycles. The number of aliphatic hydroxyl groups is 5. The van der Waals surface area contributed by atoms with Crippen LogP contribution >= 0.6 is 0 Å². The van der Waals surface area contributed by atoms with Crippen LogP contribution in [0.1, 0.15) is 272 Å². The maximum atomic E-state index is 11.5. The van der Waals surface area contributed by atoms with E-state index in [1.54, 1.807) is 0 Å². The minimum Gasteiger partial charge on any atom is -0.392 e. The first-order chi connectivity index (χ1) is 35.1. The van der Waals surface area contributed by atoms with Gasteiger partial charge in [0.25, 0.3) is 0 Å². The number of aliphatic hydroxyl groups excluding tert-OH is 5. The molecule has 0 amide bonds. The summed E-state index contributed by atoms with van der Waals surface area (Å²) in [7, 11) is 0. The van der Waals surface area contributed by atoms with Gasteiger partial charge in [-0.1, -0.05) is 240 Å². The van der Waals surface area contributed by atoms with Gasteiger partial charge in [0.2, 0.25) is 0 Å². The van der Waals surface area contributed by atoms with Crippen LogP contribution in [0.4, 0.5) is 0 Å². The van der Waals surface area contributed by atoms with Crippen LogP contribution in [-0.4, -0.2) is 179 Å². The van der Waals surface area contributed by atoms with Gasteiger partial charge in [-0.3, -0.25) is 24.5 Å². The molecule has 432 valence electrons. The summed E-state index contributed by atoms with van der Waals surface area (Å²) >= 11 is 0. The fourth-order valence-corrected chi connectivity index (χ4v) is 10.9. The van der Waals surface area contributed by atoms with E-state index in [2.05, 4.69) is 52.2 Å². The van der Waals surface area contributed by atoms with Crippen molar-refractivity contribution in [1.29, 1.82) is 0 Å². The second kappa shape index (κ2) is 51.4. The average Bonchev–Trinajstić information content (AvgIpc) is 3.37. The molecule has 5 unspecified atom stereocenters. The smallest absolute Gasteiger partial charge is 0.0667 e. The van der Waals surface area contributed by atoms with Gasteiger partial charge in [-0.05, 0) is 32.1 Å². The zero-order valence-electron chi connectivity index (χ0n) is 49.1. The molecule has 0 saturated carbocycles. The highest BCUT2D eigenvalue weighted by atomic mass is 16.3. The summed E-state index contributed by atoms with van der Waals surface area (Å²) in [5.41, 5.74) is 0. The number of unbranched alkanes of at least 4 members (excludes halogenated alkanes) is 28. The Balaban J connectivity index is 2.86. The Labute approximate surface area is 449 Å². The van der Waals surface area contributed by atoms with Gasteiger partial charge in [-0.15, -0.1) is 0 Å². The SMILES string of the molecule is CCCCCCCCCCC(O)CN(CCN1CCN(CCN(CC(O)CC)CC(O)CCCCCCCCCC)CC1)CCN(CC(O)CCCCCCCCCC)CC(O)CCCCCCCCCC. The molecular weight excluding hydrogens is 895 g/mol. The molecule has 1 rings (SSSR count). The average molecular weight is 1020 g/mol. The van der Waals surface area contributed by atoms with Gasteiger partial charge < -0.3 is 25.5 Å². The molecule has 1 heterocycles. The lowest BCUT2D eigenvalue weighted by Crippen LogP contribution is -2.51. The van der Waals surface area contributed by atoms with E-state index >= 15 is 0 Å². The highest BCUT2D eigenvalue weighted by Gasteiger charge is 2.23. The lowest BCUT2D eigenvalue weighted by atomic mass is 10.0. The Hall–Kier alpha value is -0.400. The minimum absolute atomic E-state index is 0.338. The topological polar surface area (TPSA) is 117 Å². The quantitative estimate of drug-likeness (QED) is 0.0377. The van der Waals surface area contributed by atoms with Crippen LogP contribution in [0.3, 0.4) is 0 Å². The molecule has 0 bridgehead atoms. The van der Waals surface area contributed by atoms with Gasteiger partial charge in [0.15, 0.2) is 0 Å². The molecule has 10 nitrogen and oxygen atoms in total. The van der Waals surface area contributed by atoms with Crippen LogP contribution in [0.2, 0.25) is 0 Å². The van der Waals surface area contributed by atoms with E-state index in [1.807, 2.05) is 6.92 Å². The van der Waals surface area contributed by atoms with Crippen molar-refractivity contribution >= 4 is 0 Å². The third-order valence-corrected chi connectivity index (χ3v) is 16.0. The van der Waals surface area contributed by atoms with E-state index in [0.29, 0.717) is 32.7 Å². The molecule has 10 heteroatoms. The van der Waals surface area contributed by atoms with Gasteiger partial charge in [-0.2, -0.15) is 0 Å². The summed E-state index contributed by atoms with van der Waals surface area (Å²) in [6.45, 7) is 23.7. The lowest BCUT2D eigenvalue weighted by molar-refractivity contribution is 0.0424. The largest absolute Gasteiger partial charge is 0.392 e. The molecular formula is C62H129N5O5. The van der Waals surface area contributed by atoms with Crippen molar-refractivity contribution in [3.05, 3.63) is 0 Å². The van der Waals surface area contributed by atoms with Crippen LogP contribution in [0.15, 0.2) is 0 Å². The van der Waals surface area contributed by atoms with E-state index in [9.17, 15) is 25.5 Å². The summed E-state index contributed by atoms with van der Waals surface area (Å²) in [5, 5.41) is 55.8. The fraction of sp³-hybridized carbons (Fsp3) is 1.00. The zero-order chi connectivity index (χ0) is 52.5. The summed E-state index contributed by atoms with van der Waals surface area (Å²) in [5.74, 6) is 0. The highest BCUT2D eigenvalue weighted by molar-refractivity contribution is 4.78. The number of hydrogen-bond donors (Lipinski definition) is 5. The summed E-state index contributed by atoms with van der Waals surface area (Å²) in [4.78, 5) is 12.3. The fourth-order valence-electron chi connectivity index (χ4n) is 10.9. The van der Waals surface area contributed by atoms with E-state index in [1.165, 1.54) is 180 Å². The maximum Gasteiger partial charge on any atom is 0.0667 e. The van der Waals surface area contributed by atoms with Gasteiger partial charge in [-0.25, -0.2) is 0 Å². The van der Waals surface area contributed by atoms with E-state index < -0.39 is 0 Å². The third kappa shape index (κ3) is 43.7. The second-order valence-electron chi connectivity index (χ2n) is 23.2. The predicted octanol–water partition coefficient (Wildman–Crippen LogP) is 12.8. The van der Waals surface area contributed by atoms with Crippen molar-refractivity contribution in [2.45, 2.75) is 303 Å². The standard InChI is InChI=1S/C62H129N5O5/c1-6-11-15-19-23-27-31-35-39-59(69)54-65(50-52-67(56-61(71)41-37-33-29-25-21-17-13-8-3)57-62(72)42-38-34-30-26-22-18-14-9-4)49-47-63-43-45-64(46-44-63)48-51-66(53-58(68)10-5)55-60(70)40-36-32-28-24-20-16-12-7-2/h58-62,68-72H,6-57H2,1-5H3. The molecule has 0 aromatic heterocycles. The first kappa shape index (κ1) is 69.6. The normalized spacial score (nSPS) is 16.1. The molecule has 1 saturated heterocycles. The molecule has 5 atom stereocenters. The van der Waals surface area contributed by atoms with E-state index in [0.717, 1.165) is 123 Å². The molecule has 1 aliphatic rings. The summed E-state index contributed by atoms with van der Waals surface area (Å²) < 4.78 is 0. The molecule has 1 aliphatic heterocycles. The Kier molecular flexibility index (Phi) is 49.7. The third-order valence-electron chi connectivity index (χ3n) is 16.0. The Bertz CT molecular complexity index is 1060. The van der Waals surface area contributed by atoms with Crippen molar-refractivity contribution in [3.8, 4) is 0 Å². The Morgan fingerprint density at radius 3 is 0.792 bits per heavy atom. The van der Waals surface area contributed by atoms with Crippen molar-refractivity contribution in [2.75, 3.05) is 98.2 Å². The number of piperazine rings is 1. The molecule has 0 aromatic carbocycles. The van der Waals surface area contributed by atoms with Crippen molar-refractivity contribution in [3.63, 3.8) is 0 Å². The van der Waals surface area contributed by atoms with E-state index in [4.69, 9.17) is 0 Å². The Morgan fingerprint density at radius 1 is 0.278 bits per heavy atom. The molecule has 1 fully saturated rings. The minimum atomic E-state index is -0.383. The van der Waals surface area contributed by atoms with Crippen LogP contribution in [0.5, 0.6) is 0 Å².